The van der Waals surface area contributed by atoms with E-state index in [0.717, 1.165) is 0 Å². The van der Waals surface area contributed by atoms with Crippen LogP contribution in [0.5, 0.6) is 0 Å². The van der Waals surface area contributed by atoms with Crippen LogP contribution in [0.1, 0.15) is 27.0 Å². The van der Waals surface area contributed by atoms with Crippen LogP contribution in [0.15, 0.2) is 67.5 Å². The van der Waals surface area contributed by atoms with Gasteiger partial charge in [-0.2, -0.15) is 0 Å². The van der Waals surface area contributed by atoms with Crippen LogP contribution < -0.4 is 9.13 Å². The third kappa shape index (κ3) is 5.43. The lowest BCUT2D eigenvalue weighted by atomic mass is 10.1. The Morgan fingerprint density at radius 3 is 2.08 bits per heavy atom. The minimum absolute atomic E-state index is 0.223. The van der Waals surface area contributed by atoms with E-state index in [-0.39, 0.29) is 6.61 Å². The van der Waals surface area contributed by atoms with Crippen LogP contribution in [0.3, 0.4) is 0 Å². The lowest BCUT2D eigenvalue weighted by Crippen LogP contribution is -2.40. The summed E-state index contributed by atoms with van der Waals surface area (Å²) in [7, 11) is 0. The molecule has 0 radical (unpaired) electrons. The normalized spacial score (nSPS) is 20.5. The van der Waals surface area contributed by atoms with Crippen molar-refractivity contribution in [3.63, 3.8) is 0 Å². The zero-order valence-corrected chi connectivity index (χ0v) is 21.4. The van der Waals surface area contributed by atoms with Gasteiger partial charge in [-0.25, -0.2) is 14.1 Å². The highest BCUT2D eigenvalue weighted by Crippen LogP contribution is 2.36. The summed E-state index contributed by atoms with van der Waals surface area (Å²) in [4.78, 5) is 49.6. The van der Waals surface area contributed by atoms with Crippen molar-refractivity contribution in [2.75, 3.05) is 6.61 Å². The van der Waals surface area contributed by atoms with Crippen LogP contribution in [0.2, 0.25) is 0 Å². The van der Waals surface area contributed by atoms with Gasteiger partial charge >= 0.3 is 29.7 Å². The molecule has 13 nitrogen and oxygen atoms in total. The second-order valence-electron chi connectivity index (χ2n) is 8.75. The number of imidazole rings is 1. The van der Waals surface area contributed by atoms with E-state index >= 15 is 0 Å². The molecular weight excluding hydrogens is 508 g/mol. The average molecular weight is 535 g/mol. The predicted molar refractivity (Wildman–Crippen MR) is 130 cm³/mol. The van der Waals surface area contributed by atoms with Crippen molar-refractivity contribution >= 4 is 29.1 Å². The molecule has 4 aromatic heterocycles. The van der Waals surface area contributed by atoms with E-state index in [1.54, 1.807) is 26.1 Å². The van der Waals surface area contributed by atoms with E-state index in [9.17, 15) is 14.4 Å². The van der Waals surface area contributed by atoms with Gasteiger partial charge in [0.15, 0.2) is 18.4 Å². The Kier molecular flexibility index (Phi) is 7.23. The van der Waals surface area contributed by atoms with Crippen molar-refractivity contribution in [1.82, 2.24) is 19.5 Å². The summed E-state index contributed by atoms with van der Waals surface area (Å²) in [6.07, 6.45) is 4.70. The standard InChI is InChI=1S/C26H26N6O7/c1-16(33)36-14-19-21(37-17(2)34)22(38-18(3)35)25(39-19)32-15-27-20-23(30-10-6-4-7-11-30)28-26(29-24(20)32)31-12-8-5-9-13-31/h4-13,15,19,21-22,25H,14H2,1-3H3/q+2/t19-,21-,22-,25-/m1/s1. The fraction of sp³-hybridized carbons (Fsp3) is 0.308. The number of aromatic nitrogens is 6. The van der Waals surface area contributed by atoms with E-state index in [2.05, 4.69) is 4.98 Å². The third-order valence-electron chi connectivity index (χ3n) is 5.91. The fourth-order valence-electron chi connectivity index (χ4n) is 4.36. The molecule has 0 saturated carbocycles. The molecule has 5 heterocycles. The quantitative estimate of drug-likeness (QED) is 0.189. The second kappa shape index (κ2) is 10.9. The molecule has 5 rings (SSSR count). The maximum atomic E-state index is 12.1. The van der Waals surface area contributed by atoms with E-state index in [0.29, 0.717) is 22.9 Å². The minimum Gasteiger partial charge on any atom is -0.463 e. The number of carbonyl (C=O) groups excluding carboxylic acids is 3. The van der Waals surface area contributed by atoms with Gasteiger partial charge in [0.25, 0.3) is 5.65 Å². The van der Waals surface area contributed by atoms with Crippen LogP contribution in [0, 0.1) is 0 Å². The first-order valence-corrected chi connectivity index (χ1v) is 12.1. The average Bonchev–Trinajstić information content (AvgIpc) is 3.48. The summed E-state index contributed by atoms with van der Waals surface area (Å²) in [5, 5.41) is 0. The van der Waals surface area contributed by atoms with E-state index in [4.69, 9.17) is 28.9 Å². The van der Waals surface area contributed by atoms with E-state index in [1.807, 2.05) is 48.8 Å². The van der Waals surface area contributed by atoms with Crippen molar-refractivity contribution in [3.05, 3.63) is 67.5 Å². The predicted octanol–water partition coefficient (Wildman–Crippen LogP) is 0.704. The third-order valence-corrected chi connectivity index (χ3v) is 5.91. The Morgan fingerprint density at radius 2 is 1.46 bits per heavy atom. The molecule has 0 aromatic carbocycles. The molecular formula is C26H26N6O7+2. The largest absolute Gasteiger partial charge is 0.463 e. The Labute approximate surface area is 222 Å². The van der Waals surface area contributed by atoms with Gasteiger partial charge in [0, 0.05) is 20.8 Å². The first kappa shape index (κ1) is 25.9. The van der Waals surface area contributed by atoms with Crippen molar-refractivity contribution in [2.45, 2.75) is 45.3 Å². The van der Waals surface area contributed by atoms with Crippen LogP contribution in [-0.4, -0.2) is 62.3 Å². The van der Waals surface area contributed by atoms with Crippen molar-refractivity contribution in [1.29, 1.82) is 0 Å². The monoisotopic (exact) mass is 534 g/mol. The first-order chi connectivity index (χ1) is 18.8. The maximum absolute atomic E-state index is 12.1. The lowest BCUT2D eigenvalue weighted by molar-refractivity contribution is -0.613. The second-order valence-corrected chi connectivity index (χ2v) is 8.75. The van der Waals surface area contributed by atoms with Gasteiger partial charge < -0.3 is 18.9 Å². The number of hydrogen-bond acceptors (Lipinski definition) is 10. The van der Waals surface area contributed by atoms with Crippen molar-refractivity contribution in [2.24, 2.45) is 0 Å². The maximum Gasteiger partial charge on any atom is 0.443 e. The summed E-state index contributed by atoms with van der Waals surface area (Å²) in [5.74, 6) is -0.911. The van der Waals surface area contributed by atoms with Gasteiger partial charge in [-0.15, -0.1) is 0 Å². The molecule has 1 saturated heterocycles. The molecule has 0 unspecified atom stereocenters. The SMILES string of the molecule is CC(=O)OC[C@H]1O[C@@H](n2cnc3c(-[n+]4ccccc4)nc(-[n+]4ccccc4)nc32)[C@H](OC(C)=O)[C@@H]1OC(C)=O. The molecule has 1 aliphatic rings. The van der Waals surface area contributed by atoms with Crippen LogP contribution in [0.4, 0.5) is 0 Å². The number of hydrogen-bond donors (Lipinski definition) is 0. The highest BCUT2D eigenvalue weighted by Gasteiger charge is 2.51. The Bertz CT molecular complexity index is 1510. The minimum atomic E-state index is -1.08. The molecule has 0 aliphatic carbocycles. The highest BCUT2D eigenvalue weighted by atomic mass is 16.7. The van der Waals surface area contributed by atoms with Gasteiger partial charge in [-0.1, -0.05) is 12.1 Å². The number of fused-ring (bicyclic) bond motifs is 1. The van der Waals surface area contributed by atoms with Crippen molar-refractivity contribution < 1.29 is 42.5 Å². The highest BCUT2D eigenvalue weighted by molar-refractivity contribution is 5.77. The van der Waals surface area contributed by atoms with Crippen molar-refractivity contribution in [3.8, 4) is 11.8 Å². The molecule has 1 aliphatic heterocycles. The van der Waals surface area contributed by atoms with Gasteiger partial charge in [-0.3, -0.25) is 19.0 Å². The number of esters is 3. The summed E-state index contributed by atoms with van der Waals surface area (Å²) < 4.78 is 27.6. The number of rotatable bonds is 7. The molecule has 39 heavy (non-hydrogen) atoms. The molecule has 13 heteroatoms. The van der Waals surface area contributed by atoms with Gasteiger partial charge in [0.2, 0.25) is 5.52 Å². The molecule has 0 amide bonds. The van der Waals surface area contributed by atoms with Gasteiger partial charge in [0.1, 0.15) is 19.0 Å². The summed E-state index contributed by atoms with van der Waals surface area (Å²) in [6, 6.07) is 11.2. The van der Waals surface area contributed by atoms with Crippen LogP contribution >= 0.6 is 0 Å². The first-order valence-electron chi connectivity index (χ1n) is 12.1. The lowest BCUT2D eigenvalue weighted by Gasteiger charge is -2.23. The number of ether oxygens (including phenoxy) is 4. The summed E-state index contributed by atoms with van der Waals surface area (Å²) >= 11 is 0. The molecule has 4 aromatic rings. The molecule has 200 valence electrons. The van der Waals surface area contributed by atoms with Gasteiger partial charge in [-0.05, 0) is 34.2 Å². The molecule has 4 atom stereocenters. The fourth-order valence-corrected chi connectivity index (χ4v) is 4.36. The number of pyridine rings is 2. The molecule has 1 fully saturated rings. The van der Waals surface area contributed by atoms with Gasteiger partial charge in [0.05, 0.1) is 24.8 Å². The molecule has 0 spiro atoms. The van der Waals surface area contributed by atoms with Crippen LogP contribution in [-0.2, 0) is 33.3 Å². The smallest absolute Gasteiger partial charge is 0.443 e. The summed E-state index contributed by atoms with van der Waals surface area (Å²) in [5.41, 5.74) is 0.823. The zero-order valence-electron chi connectivity index (χ0n) is 21.4. The zero-order chi connectivity index (χ0) is 27.5. The molecule has 0 bridgehead atoms. The number of nitrogens with zero attached hydrogens (tertiary/aromatic N) is 6. The summed E-state index contributed by atoms with van der Waals surface area (Å²) in [6.45, 7) is 3.50. The Hall–Kier alpha value is -4.78. The molecule has 0 N–H and O–H groups in total. The van der Waals surface area contributed by atoms with Crippen LogP contribution in [0.25, 0.3) is 22.9 Å². The van der Waals surface area contributed by atoms with E-state index in [1.165, 1.54) is 27.1 Å². The topological polar surface area (TPSA) is 139 Å². The Morgan fingerprint density at radius 1 is 0.846 bits per heavy atom. The Balaban J connectivity index is 1.66. The van der Waals surface area contributed by atoms with E-state index < -0.39 is 42.4 Å². The number of carbonyl (C=O) groups is 3.